The second kappa shape index (κ2) is 7.56. The van der Waals surface area contributed by atoms with Crippen LogP contribution in [0.5, 0.6) is 0 Å². The molecule has 1 aromatic carbocycles. The molecular formula is C16H18FNO3S. The fraction of sp³-hybridized carbons (Fsp3) is 0.375. The number of nitrogens with zero attached hydrogens (tertiary/aromatic N) is 1. The number of benzene rings is 1. The van der Waals surface area contributed by atoms with Crippen LogP contribution < -0.4 is 0 Å². The van der Waals surface area contributed by atoms with Gasteiger partial charge in [0.15, 0.2) is 0 Å². The lowest BCUT2D eigenvalue weighted by molar-refractivity contribution is -0.136. The Morgan fingerprint density at radius 3 is 2.45 bits per heavy atom. The largest absolute Gasteiger partial charge is 0.396 e. The molecule has 4 nitrogen and oxygen atoms in total. The lowest BCUT2D eigenvalue weighted by Gasteiger charge is -2.14. The van der Waals surface area contributed by atoms with E-state index in [1.165, 1.54) is 29.2 Å². The van der Waals surface area contributed by atoms with Crippen molar-refractivity contribution in [3.63, 3.8) is 0 Å². The van der Waals surface area contributed by atoms with Gasteiger partial charge in [-0.25, -0.2) is 4.39 Å². The lowest BCUT2D eigenvalue weighted by atomic mass is 10.1. The number of carbonyl (C=O) groups is 2. The molecule has 118 valence electrons. The highest BCUT2D eigenvalue weighted by Crippen LogP contribution is 2.36. The minimum atomic E-state index is -0.395. The molecule has 2 amide bonds. The predicted molar refractivity (Wildman–Crippen MR) is 84.5 cm³/mol. The van der Waals surface area contributed by atoms with E-state index >= 15 is 0 Å². The van der Waals surface area contributed by atoms with Crippen LogP contribution in [0.3, 0.4) is 0 Å². The van der Waals surface area contributed by atoms with E-state index in [4.69, 9.17) is 5.11 Å². The van der Waals surface area contributed by atoms with Gasteiger partial charge in [0.05, 0.1) is 17.1 Å². The Bertz CT molecular complexity index is 598. The van der Waals surface area contributed by atoms with Crippen LogP contribution >= 0.6 is 11.8 Å². The van der Waals surface area contributed by atoms with Gasteiger partial charge in [-0.15, -0.1) is 11.8 Å². The third kappa shape index (κ3) is 3.39. The standard InChI is InChI=1S/C16H18FNO3S/c1-2-3-8-18-15(20)13(11-4-6-12(17)7-5-11)14(16(18)21)22-10-9-19/h4-7,19H,2-3,8-10H2,1H3. The van der Waals surface area contributed by atoms with E-state index in [-0.39, 0.29) is 18.4 Å². The molecule has 22 heavy (non-hydrogen) atoms. The summed E-state index contributed by atoms with van der Waals surface area (Å²) in [7, 11) is 0. The van der Waals surface area contributed by atoms with E-state index in [0.717, 1.165) is 24.6 Å². The zero-order chi connectivity index (χ0) is 16.1. The second-order valence-electron chi connectivity index (χ2n) is 4.90. The average Bonchev–Trinajstić information content (AvgIpc) is 2.75. The first-order valence-corrected chi connectivity index (χ1v) is 8.18. The number of imide groups is 1. The fourth-order valence-electron chi connectivity index (χ4n) is 2.23. The van der Waals surface area contributed by atoms with Crippen molar-refractivity contribution in [3.8, 4) is 0 Å². The Kier molecular flexibility index (Phi) is 5.74. The third-order valence-electron chi connectivity index (χ3n) is 3.33. The number of rotatable bonds is 7. The SMILES string of the molecule is CCCCN1C(=O)C(SCCO)=C(c2ccc(F)cc2)C1=O. The number of aliphatic hydroxyl groups is 1. The van der Waals surface area contributed by atoms with Crippen molar-refractivity contribution in [2.45, 2.75) is 19.8 Å². The molecule has 0 fully saturated rings. The van der Waals surface area contributed by atoms with E-state index in [1.807, 2.05) is 6.92 Å². The molecule has 0 bridgehead atoms. The molecule has 1 aliphatic heterocycles. The zero-order valence-corrected chi connectivity index (χ0v) is 13.2. The van der Waals surface area contributed by atoms with Gasteiger partial charge >= 0.3 is 0 Å². The molecule has 6 heteroatoms. The molecule has 0 aliphatic carbocycles. The van der Waals surface area contributed by atoms with Crippen LogP contribution in [-0.4, -0.2) is 40.7 Å². The number of carbonyl (C=O) groups excluding carboxylic acids is 2. The molecule has 1 aliphatic rings. The molecule has 0 saturated carbocycles. The molecule has 1 N–H and O–H groups in total. The minimum absolute atomic E-state index is 0.0820. The van der Waals surface area contributed by atoms with Gasteiger partial charge in [-0.05, 0) is 24.1 Å². The number of aliphatic hydroxyl groups excluding tert-OH is 1. The molecule has 0 saturated heterocycles. The van der Waals surface area contributed by atoms with Gasteiger partial charge in [0.25, 0.3) is 11.8 Å². The van der Waals surface area contributed by atoms with E-state index in [1.54, 1.807) is 0 Å². The van der Waals surface area contributed by atoms with E-state index < -0.39 is 5.82 Å². The van der Waals surface area contributed by atoms with E-state index in [0.29, 0.717) is 28.3 Å². The van der Waals surface area contributed by atoms with Gasteiger partial charge in [0.2, 0.25) is 0 Å². The fourth-order valence-corrected chi connectivity index (χ4v) is 3.10. The van der Waals surface area contributed by atoms with Gasteiger partial charge in [0.1, 0.15) is 5.82 Å². The number of amides is 2. The Morgan fingerprint density at radius 2 is 1.86 bits per heavy atom. The summed E-state index contributed by atoms with van der Waals surface area (Å²) in [6, 6.07) is 5.53. The zero-order valence-electron chi connectivity index (χ0n) is 12.3. The molecule has 0 atom stereocenters. The van der Waals surface area contributed by atoms with Crippen LogP contribution in [0.15, 0.2) is 29.2 Å². The second-order valence-corrected chi connectivity index (χ2v) is 6.00. The molecule has 0 aromatic heterocycles. The van der Waals surface area contributed by atoms with E-state index in [2.05, 4.69) is 0 Å². The predicted octanol–water partition coefficient (Wildman–Crippen LogP) is 2.43. The van der Waals surface area contributed by atoms with Crippen LogP contribution in [0.1, 0.15) is 25.3 Å². The van der Waals surface area contributed by atoms with Crippen molar-refractivity contribution in [2.24, 2.45) is 0 Å². The maximum atomic E-state index is 13.1. The summed E-state index contributed by atoms with van der Waals surface area (Å²) < 4.78 is 13.1. The van der Waals surface area contributed by atoms with Gasteiger partial charge in [0, 0.05) is 12.3 Å². The smallest absolute Gasteiger partial charge is 0.267 e. The Balaban J connectivity index is 2.38. The summed E-state index contributed by atoms with van der Waals surface area (Å²) in [5.74, 6) is -0.726. The molecule has 1 heterocycles. The lowest BCUT2D eigenvalue weighted by Crippen LogP contribution is -2.32. The minimum Gasteiger partial charge on any atom is -0.396 e. The Hall–Kier alpha value is -1.66. The topological polar surface area (TPSA) is 57.6 Å². The molecule has 1 aromatic rings. The highest BCUT2D eigenvalue weighted by atomic mass is 32.2. The maximum Gasteiger partial charge on any atom is 0.267 e. The number of hydrogen-bond donors (Lipinski definition) is 1. The molecular weight excluding hydrogens is 305 g/mol. The summed E-state index contributed by atoms with van der Waals surface area (Å²) in [4.78, 5) is 26.6. The summed E-state index contributed by atoms with van der Waals surface area (Å²) in [6.07, 6.45) is 1.62. The van der Waals surface area contributed by atoms with Gasteiger partial charge in [-0.1, -0.05) is 25.5 Å². The van der Waals surface area contributed by atoms with Crippen molar-refractivity contribution >= 4 is 29.1 Å². The van der Waals surface area contributed by atoms with Crippen LogP contribution in [0.2, 0.25) is 0 Å². The normalized spacial score (nSPS) is 15.1. The quantitative estimate of drug-likeness (QED) is 0.783. The van der Waals surface area contributed by atoms with Crippen molar-refractivity contribution < 1.29 is 19.1 Å². The Morgan fingerprint density at radius 1 is 1.18 bits per heavy atom. The monoisotopic (exact) mass is 323 g/mol. The number of thioether (sulfide) groups is 1. The highest BCUT2D eigenvalue weighted by molar-refractivity contribution is 8.04. The van der Waals surface area contributed by atoms with Crippen LogP contribution in [-0.2, 0) is 9.59 Å². The first kappa shape index (κ1) is 16.7. The van der Waals surface area contributed by atoms with Gasteiger partial charge in [-0.2, -0.15) is 0 Å². The summed E-state index contributed by atoms with van der Waals surface area (Å²) in [5.41, 5.74) is 0.832. The average molecular weight is 323 g/mol. The molecule has 0 unspecified atom stereocenters. The number of halogens is 1. The number of hydrogen-bond acceptors (Lipinski definition) is 4. The molecule has 0 radical (unpaired) electrons. The van der Waals surface area contributed by atoms with Crippen LogP contribution in [0.4, 0.5) is 4.39 Å². The van der Waals surface area contributed by atoms with Crippen molar-refractivity contribution in [3.05, 3.63) is 40.6 Å². The van der Waals surface area contributed by atoms with Gasteiger partial charge in [-0.3, -0.25) is 14.5 Å². The summed E-state index contributed by atoms with van der Waals surface area (Å²) in [6.45, 7) is 2.28. The third-order valence-corrected chi connectivity index (χ3v) is 4.39. The summed E-state index contributed by atoms with van der Waals surface area (Å²) >= 11 is 1.16. The summed E-state index contributed by atoms with van der Waals surface area (Å²) in [5, 5.41) is 8.98. The Labute approximate surface area is 133 Å². The molecule has 0 spiro atoms. The van der Waals surface area contributed by atoms with Crippen LogP contribution in [0.25, 0.3) is 5.57 Å². The number of unbranched alkanes of at least 4 members (excludes halogenated alkanes) is 1. The first-order valence-electron chi connectivity index (χ1n) is 7.20. The maximum absolute atomic E-state index is 13.1. The van der Waals surface area contributed by atoms with E-state index in [9.17, 15) is 14.0 Å². The van der Waals surface area contributed by atoms with Crippen LogP contribution in [0, 0.1) is 5.82 Å². The van der Waals surface area contributed by atoms with Crippen molar-refractivity contribution in [2.75, 3.05) is 18.9 Å². The molecule has 2 rings (SSSR count). The van der Waals surface area contributed by atoms with Gasteiger partial charge < -0.3 is 5.11 Å². The highest BCUT2D eigenvalue weighted by Gasteiger charge is 2.38. The van der Waals surface area contributed by atoms with Crippen molar-refractivity contribution in [1.82, 2.24) is 4.90 Å². The van der Waals surface area contributed by atoms with Crippen molar-refractivity contribution in [1.29, 1.82) is 0 Å². The first-order chi connectivity index (χ1) is 10.6.